The summed E-state index contributed by atoms with van der Waals surface area (Å²) in [5, 5.41) is 22.4. The van der Waals surface area contributed by atoms with Crippen molar-refractivity contribution >= 4 is 40.7 Å². The topological polar surface area (TPSA) is 185 Å². The Bertz CT molecular complexity index is 1380. The van der Waals surface area contributed by atoms with Crippen LogP contribution in [-0.4, -0.2) is 106 Å². The molecule has 3 amide bonds. The highest BCUT2D eigenvalue weighted by molar-refractivity contribution is 6.00. The standard InChI is InChI=1S/C29H36N4O10/c1-3-41-27(39)29(10-5-11-29)43-23-17-22(30-21-16-18(34)6-7-19(21)23)25(37)31-20(8-9-24(35)36)26(38)32-12-14-33(15-13-32)28(40)42-4-2/h6-7,16-17,20,34H,3-5,8-15H2,1-2H3,(H,31,37)(H,35,36). The van der Waals surface area contributed by atoms with Crippen LogP contribution in [0.2, 0.25) is 0 Å². The maximum Gasteiger partial charge on any atom is 0.409 e. The largest absolute Gasteiger partial charge is 0.508 e. The molecule has 4 rings (SSSR count). The molecule has 2 fully saturated rings. The summed E-state index contributed by atoms with van der Waals surface area (Å²) in [6.45, 7) is 4.59. The minimum absolute atomic E-state index is 0.108. The number of aliphatic carboxylic acids is 1. The van der Waals surface area contributed by atoms with Gasteiger partial charge in [0.15, 0.2) is 0 Å². The number of amides is 3. The van der Waals surface area contributed by atoms with Gasteiger partial charge in [-0.3, -0.25) is 14.4 Å². The number of aromatic nitrogens is 1. The molecule has 1 saturated heterocycles. The van der Waals surface area contributed by atoms with E-state index in [0.717, 1.165) is 6.42 Å². The number of pyridine rings is 1. The number of fused-ring (bicyclic) bond motifs is 1. The predicted octanol–water partition coefficient (Wildman–Crippen LogP) is 2.07. The Labute approximate surface area is 247 Å². The summed E-state index contributed by atoms with van der Waals surface area (Å²) in [5.41, 5.74) is -1.17. The number of phenolic OH excluding ortho intramolecular Hbond substituents is 1. The van der Waals surface area contributed by atoms with Crippen LogP contribution in [-0.2, 0) is 23.9 Å². The van der Waals surface area contributed by atoms with Crippen LogP contribution in [0, 0.1) is 0 Å². The number of carboxylic acid groups (broad SMARTS) is 1. The minimum atomic E-state index is -1.22. The molecule has 0 bridgehead atoms. The Morgan fingerprint density at radius 3 is 2.28 bits per heavy atom. The summed E-state index contributed by atoms with van der Waals surface area (Å²) >= 11 is 0. The van der Waals surface area contributed by atoms with Gasteiger partial charge < -0.3 is 39.5 Å². The van der Waals surface area contributed by atoms with Crippen LogP contribution in [0.25, 0.3) is 10.9 Å². The fourth-order valence-corrected chi connectivity index (χ4v) is 5.01. The normalized spacial score (nSPS) is 16.5. The molecule has 1 aromatic heterocycles. The van der Waals surface area contributed by atoms with Gasteiger partial charge in [0.25, 0.3) is 5.91 Å². The first-order valence-corrected chi connectivity index (χ1v) is 14.3. The van der Waals surface area contributed by atoms with E-state index in [1.807, 2.05) is 0 Å². The number of carbonyl (C=O) groups excluding carboxylic acids is 4. The van der Waals surface area contributed by atoms with E-state index < -0.39 is 41.5 Å². The predicted molar refractivity (Wildman–Crippen MR) is 151 cm³/mol. The number of hydrogen-bond acceptors (Lipinski definition) is 10. The van der Waals surface area contributed by atoms with E-state index in [9.17, 15) is 34.2 Å². The second-order valence-electron chi connectivity index (χ2n) is 10.3. The fraction of sp³-hybridized carbons (Fsp3) is 0.517. The van der Waals surface area contributed by atoms with Crippen molar-refractivity contribution < 1.29 is 48.4 Å². The lowest BCUT2D eigenvalue weighted by atomic mass is 9.80. The number of phenols is 1. The molecule has 1 aliphatic carbocycles. The number of rotatable bonds is 11. The smallest absolute Gasteiger partial charge is 0.409 e. The third kappa shape index (κ3) is 7.24. The highest BCUT2D eigenvalue weighted by Gasteiger charge is 2.48. The zero-order valence-corrected chi connectivity index (χ0v) is 24.2. The average Bonchev–Trinajstić information content (AvgIpc) is 2.96. The summed E-state index contributed by atoms with van der Waals surface area (Å²) < 4.78 is 16.4. The molecule has 232 valence electrons. The van der Waals surface area contributed by atoms with Gasteiger partial charge in [0.1, 0.15) is 23.2 Å². The molecule has 1 atom stereocenters. The van der Waals surface area contributed by atoms with Gasteiger partial charge in [-0.25, -0.2) is 14.6 Å². The molecule has 1 unspecified atom stereocenters. The van der Waals surface area contributed by atoms with Crippen LogP contribution in [0.1, 0.15) is 56.4 Å². The van der Waals surface area contributed by atoms with Crippen molar-refractivity contribution in [3.63, 3.8) is 0 Å². The van der Waals surface area contributed by atoms with E-state index in [2.05, 4.69) is 10.3 Å². The zero-order chi connectivity index (χ0) is 31.1. The Kier molecular flexibility index (Phi) is 9.88. The second-order valence-corrected chi connectivity index (χ2v) is 10.3. The van der Waals surface area contributed by atoms with Crippen LogP contribution in [0.5, 0.6) is 11.5 Å². The molecule has 0 spiro atoms. The van der Waals surface area contributed by atoms with Gasteiger partial charge in [-0.05, 0) is 51.7 Å². The van der Waals surface area contributed by atoms with Crippen molar-refractivity contribution in [1.29, 1.82) is 0 Å². The summed E-state index contributed by atoms with van der Waals surface area (Å²) in [7, 11) is 0. The average molecular weight is 601 g/mol. The number of piperazine rings is 1. The molecule has 1 aliphatic heterocycles. The number of aromatic hydroxyl groups is 1. The van der Waals surface area contributed by atoms with Gasteiger partial charge in [-0.2, -0.15) is 0 Å². The highest BCUT2D eigenvalue weighted by atomic mass is 16.6. The molecule has 14 nitrogen and oxygen atoms in total. The quantitative estimate of drug-likeness (QED) is 0.321. The molecule has 3 N–H and O–H groups in total. The third-order valence-electron chi connectivity index (χ3n) is 7.47. The Morgan fingerprint density at radius 1 is 1.00 bits per heavy atom. The van der Waals surface area contributed by atoms with E-state index in [1.165, 1.54) is 28.0 Å². The second kappa shape index (κ2) is 13.6. The van der Waals surface area contributed by atoms with Crippen LogP contribution in [0.4, 0.5) is 4.79 Å². The number of carboxylic acids is 1. The first-order chi connectivity index (χ1) is 20.6. The number of ether oxygens (including phenoxy) is 3. The summed E-state index contributed by atoms with van der Waals surface area (Å²) in [4.78, 5) is 70.3. The zero-order valence-electron chi connectivity index (χ0n) is 24.2. The van der Waals surface area contributed by atoms with E-state index in [0.29, 0.717) is 18.2 Å². The van der Waals surface area contributed by atoms with Gasteiger partial charge in [0.05, 0.1) is 18.7 Å². The first kappa shape index (κ1) is 31.3. The number of nitrogens with zero attached hydrogens (tertiary/aromatic N) is 3. The molecule has 2 aromatic rings. The van der Waals surface area contributed by atoms with Crippen molar-refractivity contribution in [2.75, 3.05) is 39.4 Å². The Balaban J connectivity index is 1.57. The molecular formula is C29H36N4O10. The number of hydrogen-bond donors (Lipinski definition) is 3. The maximum absolute atomic E-state index is 13.5. The summed E-state index contributed by atoms with van der Waals surface area (Å²) in [6.07, 6.45) is 0.548. The minimum Gasteiger partial charge on any atom is -0.508 e. The van der Waals surface area contributed by atoms with Crippen molar-refractivity contribution in [2.45, 2.75) is 57.6 Å². The van der Waals surface area contributed by atoms with E-state index in [1.54, 1.807) is 19.9 Å². The highest BCUT2D eigenvalue weighted by Crippen LogP contribution is 2.40. The number of carbonyl (C=O) groups is 5. The van der Waals surface area contributed by atoms with Crippen LogP contribution in [0.15, 0.2) is 24.3 Å². The van der Waals surface area contributed by atoms with Crippen molar-refractivity contribution in [3.05, 3.63) is 30.0 Å². The molecule has 2 heterocycles. The lowest BCUT2D eigenvalue weighted by molar-refractivity contribution is -0.169. The van der Waals surface area contributed by atoms with E-state index in [4.69, 9.17) is 14.2 Å². The molecule has 2 aliphatic rings. The molecule has 14 heteroatoms. The fourth-order valence-electron chi connectivity index (χ4n) is 5.01. The van der Waals surface area contributed by atoms with Gasteiger partial charge in [0.2, 0.25) is 11.5 Å². The monoisotopic (exact) mass is 600 g/mol. The van der Waals surface area contributed by atoms with Crippen LogP contribution < -0.4 is 10.1 Å². The summed E-state index contributed by atoms with van der Waals surface area (Å²) in [6, 6.07) is 4.48. The molecule has 0 radical (unpaired) electrons. The van der Waals surface area contributed by atoms with E-state index >= 15 is 0 Å². The first-order valence-electron chi connectivity index (χ1n) is 14.3. The maximum atomic E-state index is 13.5. The van der Waals surface area contributed by atoms with Gasteiger partial charge >= 0.3 is 18.0 Å². The molecular weight excluding hydrogens is 564 g/mol. The molecule has 43 heavy (non-hydrogen) atoms. The van der Waals surface area contributed by atoms with Gasteiger partial charge in [-0.15, -0.1) is 0 Å². The molecule has 1 saturated carbocycles. The van der Waals surface area contributed by atoms with Crippen molar-refractivity contribution in [1.82, 2.24) is 20.1 Å². The Morgan fingerprint density at radius 2 is 1.67 bits per heavy atom. The number of benzene rings is 1. The SMILES string of the molecule is CCOC(=O)N1CCN(C(=O)C(CCC(=O)O)NC(=O)c2cc(OC3(C(=O)OCC)CCC3)c3ccc(O)cc3n2)CC1. The van der Waals surface area contributed by atoms with Gasteiger partial charge in [-0.1, -0.05) is 0 Å². The van der Waals surface area contributed by atoms with E-state index in [-0.39, 0.29) is 74.9 Å². The molecule has 1 aromatic carbocycles. The number of nitrogens with one attached hydrogen (secondary N) is 1. The Hall–Kier alpha value is -4.62. The lowest BCUT2D eigenvalue weighted by Crippen LogP contribution is -2.56. The van der Waals surface area contributed by atoms with Gasteiger partial charge in [0, 0.05) is 50.1 Å². The number of esters is 1. The third-order valence-corrected chi connectivity index (χ3v) is 7.47. The van der Waals surface area contributed by atoms with Crippen LogP contribution in [0.3, 0.4) is 0 Å². The van der Waals surface area contributed by atoms with Crippen molar-refractivity contribution in [2.24, 2.45) is 0 Å². The van der Waals surface area contributed by atoms with Crippen molar-refractivity contribution in [3.8, 4) is 11.5 Å². The van der Waals surface area contributed by atoms with Crippen LogP contribution >= 0.6 is 0 Å². The lowest BCUT2D eigenvalue weighted by Gasteiger charge is -2.39. The summed E-state index contributed by atoms with van der Waals surface area (Å²) in [5.74, 6) is -2.86.